The molecule has 2 heterocycles. The predicted molar refractivity (Wildman–Crippen MR) is 130 cm³/mol. The highest BCUT2D eigenvalue weighted by Gasteiger charge is 2.28. The fourth-order valence-electron chi connectivity index (χ4n) is 4.18. The number of hydrogen-bond acceptors (Lipinski definition) is 6. The van der Waals surface area contributed by atoms with E-state index in [9.17, 15) is 14.0 Å². The van der Waals surface area contributed by atoms with E-state index in [2.05, 4.69) is 27.3 Å². The lowest BCUT2D eigenvalue weighted by molar-refractivity contribution is 0.0607. The first-order valence-corrected chi connectivity index (χ1v) is 12.3. The van der Waals surface area contributed by atoms with E-state index in [0.717, 1.165) is 49.5 Å². The molecule has 1 N–H and O–H groups in total. The van der Waals surface area contributed by atoms with E-state index >= 15 is 0 Å². The number of carbonyl (C=O) groups is 2. The highest BCUT2D eigenvalue weighted by atomic mass is 32.1. The van der Waals surface area contributed by atoms with Gasteiger partial charge in [0.15, 0.2) is 0 Å². The average molecular weight is 482 g/mol. The summed E-state index contributed by atoms with van der Waals surface area (Å²) in [5.74, 6) is -0.630. The first-order valence-electron chi connectivity index (χ1n) is 11.5. The Hall–Kier alpha value is -3.17. The summed E-state index contributed by atoms with van der Waals surface area (Å²) in [4.78, 5) is 29.6. The smallest absolute Gasteiger partial charge is 0.286 e. The molecule has 34 heavy (non-hydrogen) atoms. The molecule has 7 nitrogen and oxygen atoms in total. The Morgan fingerprint density at radius 3 is 2.47 bits per heavy atom. The molecule has 1 aliphatic rings. The third-order valence-corrected chi connectivity index (χ3v) is 6.81. The Morgan fingerprint density at radius 1 is 1.09 bits per heavy atom. The monoisotopic (exact) mass is 481 g/mol. The molecule has 0 spiro atoms. The first-order chi connectivity index (χ1) is 16.5. The predicted octanol–water partition coefficient (Wildman–Crippen LogP) is 4.45. The number of likely N-dealkylation sites (tertiary alicyclic amines) is 1. The highest BCUT2D eigenvalue weighted by molar-refractivity contribution is 7.13. The number of carbonyl (C=O) groups excluding carboxylic acids is 2. The van der Waals surface area contributed by atoms with Crippen molar-refractivity contribution in [3.8, 4) is 0 Å². The number of amides is 2. The second kappa shape index (κ2) is 11.3. The standard InChI is InChI=1S/C25H28FN5O2S/c1-2-14-31(21-12-15-30(16-13-21)25(33)18-6-4-3-5-7-18)17-22-28-29-24(34-22)23(32)27-20-10-8-19(26)9-11-20/h3-11,21H,2,12-17H2,1H3,(H,27,32). The minimum Gasteiger partial charge on any atom is -0.339 e. The zero-order chi connectivity index (χ0) is 23.9. The molecule has 4 rings (SSSR count). The zero-order valence-corrected chi connectivity index (χ0v) is 19.9. The first kappa shape index (κ1) is 24.0. The van der Waals surface area contributed by atoms with Gasteiger partial charge in [-0.25, -0.2) is 4.39 Å². The lowest BCUT2D eigenvalue weighted by Crippen LogP contribution is -2.46. The van der Waals surface area contributed by atoms with Crippen molar-refractivity contribution in [1.29, 1.82) is 0 Å². The summed E-state index contributed by atoms with van der Waals surface area (Å²) in [6, 6.07) is 15.4. The van der Waals surface area contributed by atoms with Gasteiger partial charge in [-0.3, -0.25) is 14.5 Å². The minimum absolute atomic E-state index is 0.0852. The van der Waals surface area contributed by atoms with E-state index in [-0.39, 0.29) is 22.6 Å². The van der Waals surface area contributed by atoms with E-state index in [0.29, 0.717) is 18.3 Å². The van der Waals surface area contributed by atoms with Crippen LogP contribution in [-0.4, -0.2) is 57.5 Å². The number of rotatable bonds is 8. The lowest BCUT2D eigenvalue weighted by atomic mass is 10.0. The second-order valence-corrected chi connectivity index (χ2v) is 9.38. The van der Waals surface area contributed by atoms with Crippen LogP contribution < -0.4 is 5.32 Å². The van der Waals surface area contributed by atoms with Crippen LogP contribution in [0.15, 0.2) is 54.6 Å². The van der Waals surface area contributed by atoms with Crippen molar-refractivity contribution in [2.75, 3.05) is 25.0 Å². The maximum Gasteiger partial charge on any atom is 0.286 e. The van der Waals surface area contributed by atoms with Crippen LogP contribution >= 0.6 is 11.3 Å². The number of benzene rings is 2. The van der Waals surface area contributed by atoms with E-state index in [4.69, 9.17) is 0 Å². The topological polar surface area (TPSA) is 78.4 Å². The van der Waals surface area contributed by atoms with Gasteiger partial charge in [-0.2, -0.15) is 0 Å². The number of aromatic nitrogens is 2. The Kier molecular flexibility index (Phi) is 7.97. The van der Waals surface area contributed by atoms with Gasteiger partial charge < -0.3 is 10.2 Å². The number of piperidine rings is 1. The third kappa shape index (κ3) is 6.03. The van der Waals surface area contributed by atoms with Crippen LogP contribution in [0.4, 0.5) is 10.1 Å². The second-order valence-electron chi connectivity index (χ2n) is 8.32. The third-order valence-electron chi connectivity index (χ3n) is 5.90. The molecule has 0 saturated carbocycles. The molecule has 0 atom stereocenters. The summed E-state index contributed by atoms with van der Waals surface area (Å²) in [5.41, 5.74) is 1.24. The Bertz CT molecular complexity index is 1100. The molecule has 3 aromatic rings. The van der Waals surface area contributed by atoms with E-state index in [1.807, 2.05) is 35.2 Å². The summed E-state index contributed by atoms with van der Waals surface area (Å²) in [6.45, 7) is 5.11. The molecule has 2 amide bonds. The Morgan fingerprint density at radius 2 is 1.79 bits per heavy atom. The van der Waals surface area contributed by atoms with Crippen molar-refractivity contribution in [1.82, 2.24) is 20.0 Å². The van der Waals surface area contributed by atoms with Crippen LogP contribution in [-0.2, 0) is 6.54 Å². The summed E-state index contributed by atoms with van der Waals surface area (Å²) >= 11 is 1.27. The molecule has 1 fully saturated rings. The maximum absolute atomic E-state index is 13.1. The van der Waals surface area contributed by atoms with Gasteiger partial charge in [0.2, 0.25) is 5.01 Å². The van der Waals surface area contributed by atoms with Crippen LogP contribution in [0, 0.1) is 5.82 Å². The van der Waals surface area contributed by atoms with Gasteiger partial charge in [0.05, 0.1) is 6.54 Å². The average Bonchev–Trinajstić information content (AvgIpc) is 3.34. The Labute approximate surface area is 202 Å². The summed E-state index contributed by atoms with van der Waals surface area (Å²) in [7, 11) is 0. The van der Waals surface area contributed by atoms with E-state index in [1.54, 1.807) is 0 Å². The number of anilines is 1. The molecule has 0 unspecified atom stereocenters. The fraction of sp³-hybridized carbons (Fsp3) is 0.360. The molecule has 9 heteroatoms. The number of nitrogens with one attached hydrogen (secondary N) is 1. The van der Waals surface area contributed by atoms with Gasteiger partial charge in [-0.15, -0.1) is 10.2 Å². The minimum atomic E-state index is -0.359. The largest absolute Gasteiger partial charge is 0.339 e. The SMILES string of the molecule is CCCN(Cc1nnc(C(=O)Nc2ccc(F)cc2)s1)C1CCN(C(=O)c2ccccc2)CC1. The van der Waals surface area contributed by atoms with Crippen LogP contribution in [0.3, 0.4) is 0 Å². The maximum atomic E-state index is 13.1. The fourth-order valence-corrected chi connectivity index (χ4v) is 4.94. The van der Waals surface area contributed by atoms with E-state index in [1.165, 1.54) is 35.6 Å². The molecule has 1 aromatic heterocycles. The molecule has 0 aliphatic carbocycles. The number of hydrogen-bond donors (Lipinski definition) is 1. The zero-order valence-electron chi connectivity index (χ0n) is 19.1. The van der Waals surface area contributed by atoms with E-state index < -0.39 is 0 Å². The van der Waals surface area contributed by atoms with Crippen molar-refractivity contribution >= 4 is 28.8 Å². The van der Waals surface area contributed by atoms with Gasteiger partial charge in [-0.05, 0) is 62.2 Å². The summed E-state index contributed by atoms with van der Waals surface area (Å²) in [5, 5.41) is 12.1. The van der Waals surface area contributed by atoms with Gasteiger partial charge in [0.25, 0.3) is 11.8 Å². The van der Waals surface area contributed by atoms with Crippen molar-refractivity contribution in [3.63, 3.8) is 0 Å². The van der Waals surface area contributed by atoms with Gasteiger partial charge in [0.1, 0.15) is 10.8 Å². The molecule has 2 aromatic carbocycles. The molecule has 1 saturated heterocycles. The van der Waals surface area contributed by atoms with Crippen molar-refractivity contribution in [2.24, 2.45) is 0 Å². The molecule has 178 valence electrons. The lowest BCUT2D eigenvalue weighted by Gasteiger charge is -2.38. The van der Waals surface area contributed by atoms with Crippen LogP contribution in [0.25, 0.3) is 0 Å². The van der Waals surface area contributed by atoms with Crippen LogP contribution in [0.2, 0.25) is 0 Å². The van der Waals surface area contributed by atoms with Crippen molar-refractivity contribution < 1.29 is 14.0 Å². The molecule has 1 aliphatic heterocycles. The molecule has 0 bridgehead atoms. The van der Waals surface area contributed by atoms with Crippen LogP contribution in [0.1, 0.15) is 51.4 Å². The molecular weight excluding hydrogens is 453 g/mol. The quantitative estimate of drug-likeness (QED) is 0.514. The van der Waals surface area contributed by atoms with Crippen molar-refractivity contribution in [2.45, 2.75) is 38.8 Å². The Balaban J connectivity index is 1.34. The van der Waals surface area contributed by atoms with Gasteiger partial charge >= 0.3 is 0 Å². The normalized spacial score (nSPS) is 14.4. The molecule has 0 radical (unpaired) electrons. The van der Waals surface area contributed by atoms with Crippen molar-refractivity contribution in [3.05, 3.63) is 76.0 Å². The van der Waals surface area contributed by atoms with Gasteiger partial charge in [0, 0.05) is 30.4 Å². The molecular formula is C25H28FN5O2S. The van der Waals surface area contributed by atoms with Crippen LogP contribution in [0.5, 0.6) is 0 Å². The number of halogens is 1. The summed E-state index contributed by atoms with van der Waals surface area (Å²) < 4.78 is 13.1. The van der Waals surface area contributed by atoms with Gasteiger partial charge in [-0.1, -0.05) is 36.5 Å². The highest BCUT2D eigenvalue weighted by Crippen LogP contribution is 2.22. The number of nitrogens with zero attached hydrogens (tertiary/aromatic N) is 4. The summed E-state index contributed by atoms with van der Waals surface area (Å²) in [6.07, 6.45) is 2.80.